The van der Waals surface area contributed by atoms with Crippen LogP contribution in [0.1, 0.15) is 45.2 Å². The molecular formula is C15H22BrNO2. The van der Waals surface area contributed by atoms with Gasteiger partial charge < -0.3 is 10.5 Å². The van der Waals surface area contributed by atoms with Crippen molar-refractivity contribution in [2.45, 2.75) is 39.7 Å². The summed E-state index contributed by atoms with van der Waals surface area (Å²) in [5.41, 5.74) is 7.13. The summed E-state index contributed by atoms with van der Waals surface area (Å²) in [6, 6.07) is 7.91. The molecule has 0 aliphatic heterocycles. The number of esters is 1. The number of hydrogen-bond acceptors (Lipinski definition) is 3. The highest BCUT2D eigenvalue weighted by Crippen LogP contribution is 2.32. The fraction of sp³-hybridized carbons (Fsp3) is 0.533. The third kappa shape index (κ3) is 5.74. The third-order valence-electron chi connectivity index (χ3n) is 3.00. The van der Waals surface area contributed by atoms with Crippen LogP contribution in [0.4, 0.5) is 0 Å². The van der Waals surface area contributed by atoms with Gasteiger partial charge in [0, 0.05) is 10.5 Å². The molecule has 0 aliphatic carbocycles. The van der Waals surface area contributed by atoms with E-state index in [-0.39, 0.29) is 17.4 Å². The Morgan fingerprint density at radius 1 is 1.37 bits per heavy atom. The van der Waals surface area contributed by atoms with Crippen molar-refractivity contribution >= 4 is 21.9 Å². The van der Waals surface area contributed by atoms with Crippen LogP contribution in [0.25, 0.3) is 0 Å². The van der Waals surface area contributed by atoms with E-state index in [2.05, 4.69) is 15.9 Å². The number of ether oxygens (including phenoxy) is 1. The zero-order chi connectivity index (χ0) is 14.5. The first-order valence-electron chi connectivity index (χ1n) is 6.51. The van der Waals surface area contributed by atoms with Crippen LogP contribution in [0.3, 0.4) is 0 Å². The molecule has 0 heterocycles. The molecule has 106 valence electrons. The lowest BCUT2D eigenvalue weighted by molar-refractivity contribution is -0.145. The zero-order valence-corrected chi connectivity index (χ0v) is 13.4. The number of rotatable bonds is 6. The molecule has 4 heteroatoms. The van der Waals surface area contributed by atoms with Gasteiger partial charge in [-0.15, -0.1) is 0 Å². The highest BCUT2D eigenvalue weighted by atomic mass is 79.9. The summed E-state index contributed by atoms with van der Waals surface area (Å²) in [7, 11) is 0. The largest absolute Gasteiger partial charge is 0.466 e. The first kappa shape index (κ1) is 16.2. The van der Waals surface area contributed by atoms with Crippen LogP contribution in [0.2, 0.25) is 0 Å². The van der Waals surface area contributed by atoms with E-state index in [1.165, 1.54) is 0 Å². The van der Waals surface area contributed by atoms with Crippen molar-refractivity contribution in [3.05, 3.63) is 34.3 Å². The summed E-state index contributed by atoms with van der Waals surface area (Å²) in [6.07, 6.45) is 1.14. The molecule has 0 aliphatic rings. The third-order valence-corrected chi connectivity index (χ3v) is 3.53. The Morgan fingerprint density at radius 2 is 1.95 bits per heavy atom. The van der Waals surface area contributed by atoms with Gasteiger partial charge in [0.25, 0.3) is 0 Å². The summed E-state index contributed by atoms with van der Waals surface area (Å²) >= 11 is 3.40. The number of benzene rings is 1. The number of nitrogens with two attached hydrogens (primary N) is 1. The lowest BCUT2D eigenvalue weighted by Gasteiger charge is -2.27. The monoisotopic (exact) mass is 327 g/mol. The molecule has 0 aromatic heterocycles. The van der Waals surface area contributed by atoms with Gasteiger partial charge in [-0.3, -0.25) is 4.79 Å². The highest BCUT2D eigenvalue weighted by Gasteiger charge is 2.26. The maximum atomic E-state index is 11.6. The van der Waals surface area contributed by atoms with E-state index in [0.717, 1.165) is 16.5 Å². The lowest BCUT2D eigenvalue weighted by atomic mass is 9.81. The first-order valence-corrected chi connectivity index (χ1v) is 7.30. The lowest BCUT2D eigenvalue weighted by Crippen LogP contribution is -2.25. The minimum absolute atomic E-state index is 0.0717. The molecule has 1 unspecified atom stereocenters. The van der Waals surface area contributed by atoms with E-state index in [1.807, 2.05) is 45.0 Å². The van der Waals surface area contributed by atoms with Gasteiger partial charge >= 0.3 is 5.97 Å². The molecule has 0 bridgehead atoms. The molecule has 1 aromatic rings. The molecule has 1 aromatic carbocycles. The quantitative estimate of drug-likeness (QED) is 0.808. The molecule has 19 heavy (non-hydrogen) atoms. The Labute approximate surface area is 123 Å². The number of halogens is 1. The van der Waals surface area contributed by atoms with Gasteiger partial charge in [0.1, 0.15) is 0 Å². The van der Waals surface area contributed by atoms with E-state index in [0.29, 0.717) is 13.0 Å². The van der Waals surface area contributed by atoms with Gasteiger partial charge in [-0.25, -0.2) is 0 Å². The Bertz CT molecular complexity index is 415. The van der Waals surface area contributed by atoms with Crippen LogP contribution in [0.5, 0.6) is 0 Å². The predicted molar refractivity (Wildman–Crippen MR) is 80.7 cm³/mol. The Hall–Kier alpha value is -0.870. The van der Waals surface area contributed by atoms with Crippen LogP contribution in [-0.2, 0) is 9.53 Å². The smallest absolute Gasteiger partial charge is 0.306 e. The molecule has 0 fully saturated rings. The zero-order valence-electron chi connectivity index (χ0n) is 11.8. The highest BCUT2D eigenvalue weighted by molar-refractivity contribution is 9.10. The van der Waals surface area contributed by atoms with Crippen molar-refractivity contribution in [3.8, 4) is 0 Å². The van der Waals surface area contributed by atoms with Crippen molar-refractivity contribution in [2.24, 2.45) is 11.1 Å². The van der Waals surface area contributed by atoms with Gasteiger partial charge in [-0.2, -0.15) is 0 Å². The molecule has 0 saturated carbocycles. The van der Waals surface area contributed by atoms with Crippen LogP contribution < -0.4 is 5.73 Å². The second-order valence-corrected chi connectivity index (χ2v) is 6.42. The van der Waals surface area contributed by atoms with Crippen LogP contribution in [0, 0.1) is 5.41 Å². The molecule has 1 atom stereocenters. The minimum Gasteiger partial charge on any atom is -0.466 e. The normalized spacial score (nSPS) is 13.1. The molecule has 0 saturated heterocycles. The Balaban J connectivity index is 2.61. The number of hydrogen-bond donors (Lipinski definition) is 1. The van der Waals surface area contributed by atoms with Crippen molar-refractivity contribution in [3.63, 3.8) is 0 Å². The second kappa shape index (κ2) is 7.06. The van der Waals surface area contributed by atoms with Gasteiger partial charge in [0.2, 0.25) is 0 Å². The van der Waals surface area contributed by atoms with E-state index >= 15 is 0 Å². The van der Waals surface area contributed by atoms with Gasteiger partial charge in [0.05, 0.1) is 13.0 Å². The van der Waals surface area contributed by atoms with Gasteiger partial charge in [-0.1, -0.05) is 41.9 Å². The molecule has 0 amide bonds. The van der Waals surface area contributed by atoms with E-state index in [9.17, 15) is 4.79 Å². The van der Waals surface area contributed by atoms with E-state index < -0.39 is 0 Å². The Morgan fingerprint density at radius 3 is 2.47 bits per heavy atom. The van der Waals surface area contributed by atoms with Crippen LogP contribution >= 0.6 is 15.9 Å². The molecular weight excluding hydrogens is 306 g/mol. The predicted octanol–water partition coefficient (Wildman–Crippen LogP) is 3.82. The number of carbonyl (C=O) groups is 1. The summed E-state index contributed by atoms with van der Waals surface area (Å²) in [5, 5.41) is 0. The van der Waals surface area contributed by atoms with Crippen LogP contribution in [-0.4, -0.2) is 12.6 Å². The Kier molecular flexibility index (Phi) is 6.01. The van der Waals surface area contributed by atoms with Gasteiger partial charge in [0.15, 0.2) is 0 Å². The van der Waals surface area contributed by atoms with Crippen molar-refractivity contribution in [2.75, 3.05) is 6.61 Å². The van der Waals surface area contributed by atoms with Crippen molar-refractivity contribution in [1.82, 2.24) is 0 Å². The standard InChI is InChI=1S/C15H22BrNO2/c1-4-19-14(18)10-15(2,3)9-13(17)11-5-7-12(16)8-6-11/h5-8,13H,4,9-10,17H2,1-3H3. The maximum absolute atomic E-state index is 11.6. The summed E-state index contributed by atoms with van der Waals surface area (Å²) in [6.45, 7) is 6.33. The average Bonchev–Trinajstić information content (AvgIpc) is 2.28. The fourth-order valence-electron chi connectivity index (χ4n) is 2.10. The molecule has 0 spiro atoms. The average molecular weight is 328 g/mol. The fourth-order valence-corrected chi connectivity index (χ4v) is 2.36. The van der Waals surface area contributed by atoms with E-state index in [4.69, 9.17) is 10.5 Å². The molecule has 0 radical (unpaired) electrons. The second-order valence-electron chi connectivity index (χ2n) is 5.51. The summed E-state index contributed by atoms with van der Waals surface area (Å²) in [4.78, 5) is 11.6. The topological polar surface area (TPSA) is 52.3 Å². The minimum atomic E-state index is -0.168. The SMILES string of the molecule is CCOC(=O)CC(C)(C)CC(N)c1ccc(Br)cc1. The van der Waals surface area contributed by atoms with Crippen molar-refractivity contribution in [1.29, 1.82) is 0 Å². The summed E-state index contributed by atoms with van der Waals surface area (Å²) in [5.74, 6) is -0.157. The van der Waals surface area contributed by atoms with Crippen molar-refractivity contribution < 1.29 is 9.53 Å². The van der Waals surface area contributed by atoms with E-state index in [1.54, 1.807) is 0 Å². The first-order chi connectivity index (χ1) is 8.84. The molecule has 1 rings (SSSR count). The molecule has 3 nitrogen and oxygen atoms in total. The number of carbonyl (C=O) groups excluding carboxylic acids is 1. The maximum Gasteiger partial charge on any atom is 0.306 e. The van der Waals surface area contributed by atoms with Gasteiger partial charge in [-0.05, 0) is 36.5 Å². The molecule has 2 N–H and O–H groups in total. The summed E-state index contributed by atoms with van der Waals surface area (Å²) < 4.78 is 6.03. The van der Waals surface area contributed by atoms with Crippen LogP contribution in [0.15, 0.2) is 28.7 Å².